The van der Waals surface area contributed by atoms with E-state index in [1.807, 2.05) is 23.6 Å². The Morgan fingerprint density at radius 3 is 2.15 bits per heavy atom. The summed E-state index contributed by atoms with van der Waals surface area (Å²) in [4.78, 5) is 0. The number of aromatic nitrogens is 3. The summed E-state index contributed by atoms with van der Waals surface area (Å²) < 4.78 is 7.15. The van der Waals surface area contributed by atoms with E-state index < -0.39 is 0 Å². The van der Waals surface area contributed by atoms with Crippen molar-refractivity contribution in [3.8, 4) is 33.6 Å². The molecule has 0 aliphatic heterocycles. The van der Waals surface area contributed by atoms with Gasteiger partial charge in [-0.2, -0.15) is 5.10 Å². The van der Waals surface area contributed by atoms with Crippen molar-refractivity contribution < 1.29 is 0 Å². The topological polar surface area (TPSA) is 34.8 Å². The number of nitrogens with zero attached hydrogens (tertiary/aromatic N) is 3. The molecule has 0 fully saturated rings. The molecule has 8 aromatic carbocycles. The molecule has 11 rings (SSSR count). The molecule has 4 nitrogen and oxygen atoms in total. The molecule has 0 amide bonds. The summed E-state index contributed by atoms with van der Waals surface area (Å²) in [6.45, 7) is 2.22. The van der Waals surface area contributed by atoms with Crippen LogP contribution in [0.4, 0.5) is 11.4 Å². The molecule has 55 heavy (non-hydrogen) atoms. The fourth-order valence-electron chi connectivity index (χ4n) is 8.39. The number of para-hydroxylation sites is 3. The molecule has 11 aromatic rings. The van der Waals surface area contributed by atoms with E-state index in [4.69, 9.17) is 5.10 Å². The van der Waals surface area contributed by atoms with Gasteiger partial charge in [0.15, 0.2) is 0 Å². The molecule has 3 aromatic heterocycles. The molecule has 0 saturated carbocycles. The molecule has 0 aliphatic carbocycles. The highest BCUT2D eigenvalue weighted by molar-refractivity contribution is 7.26. The van der Waals surface area contributed by atoms with Gasteiger partial charge in [0.2, 0.25) is 0 Å². The van der Waals surface area contributed by atoms with Crippen LogP contribution in [-0.2, 0) is 0 Å². The van der Waals surface area contributed by atoms with Crippen LogP contribution in [0.2, 0.25) is 0 Å². The maximum Gasteiger partial charge on any atom is 0.0819 e. The number of hydrogen-bond donors (Lipinski definition) is 1. The normalized spacial score (nSPS) is 11.7. The molecule has 0 radical (unpaired) electrons. The molecule has 3 heterocycles. The smallest absolute Gasteiger partial charge is 0.0819 e. The summed E-state index contributed by atoms with van der Waals surface area (Å²) in [7, 11) is 0. The highest BCUT2D eigenvalue weighted by Gasteiger charge is 2.19. The third-order valence-corrected chi connectivity index (χ3v) is 12.2. The fraction of sp³-hybridized carbons (Fsp3) is 0.0200. The Labute approximate surface area is 322 Å². The summed E-state index contributed by atoms with van der Waals surface area (Å²) in [5, 5.41) is 14.8. The molecule has 0 atom stereocenters. The van der Waals surface area contributed by atoms with Gasteiger partial charge in [-0.05, 0) is 89.8 Å². The van der Waals surface area contributed by atoms with Crippen molar-refractivity contribution in [2.75, 3.05) is 5.32 Å². The predicted molar refractivity (Wildman–Crippen MR) is 234 cm³/mol. The lowest BCUT2D eigenvalue weighted by Crippen LogP contribution is -1.98. The molecule has 5 heteroatoms. The van der Waals surface area contributed by atoms with Gasteiger partial charge in [0.25, 0.3) is 0 Å². The zero-order chi connectivity index (χ0) is 36.5. The average Bonchev–Trinajstić information content (AvgIpc) is 3.95. The van der Waals surface area contributed by atoms with Crippen LogP contribution in [-0.4, -0.2) is 14.3 Å². The van der Waals surface area contributed by atoms with E-state index in [-0.39, 0.29) is 0 Å². The van der Waals surface area contributed by atoms with Crippen LogP contribution < -0.4 is 5.32 Å². The van der Waals surface area contributed by atoms with Crippen molar-refractivity contribution in [3.05, 3.63) is 188 Å². The first-order chi connectivity index (χ1) is 27.2. The largest absolute Gasteiger partial charge is 0.355 e. The minimum Gasteiger partial charge on any atom is -0.355 e. The minimum absolute atomic E-state index is 1.04. The van der Waals surface area contributed by atoms with Gasteiger partial charge >= 0.3 is 0 Å². The summed E-state index contributed by atoms with van der Waals surface area (Å²) in [6.07, 6.45) is 1.99. The van der Waals surface area contributed by atoms with Gasteiger partial charge < -0.3 is 9.88 Å². The molecule has 0 bridgehead atoms. The highest BCUT2D eigenvalue weighted by Crippen LogP contribution is 2.42. The van der Waals surface area contributed by atoms with Crippen LogP contribution >= 0.6 is 11.3 Å². The van der Waals surface area contributed by atoms with Crippen molar-refractivity contribution in [2.45, 2.75) is 6.92 Å². The average molecular weight is 723 g/mol. The number of aryl methyl sites for hydroxylation is 1. The van der Waals surface area contributed by atoms with E-state index in [9.17, 15) is 0 Å². The Balaban J connectivity index is 1.07. The van der Waals surface area contributed by atoms with Crippen LogP contribution in [0.15, 0.2) is 182 Å². The number of benzene rings is 8. The quantitative estimate of drug-likeness (QED) is 0.185. The number of thiophene rings is 1. The summed E-state index contributed by atoms with van der Waals surface area (Å²) in [6, 6.07) is 63.2. The Morgan fingerprint density at radius 1 is 0.527 bits per heavy atom. The van der Waals surface area contributed by atoms with E-state index in [2.05, 4.69) is 191 Å². The molecule has 0 unspecified atom stereocenters. The third kappa shape index (κ3) is 5.08. The van der Waals surface area contributed by atoms with Crippen molar-refractivity contribution in [2.24, 2.45) is 0 Å². The van der Waals surface area contributed by atoms with Gasteiger partial charge in [0.05, 0.1) is 28.4 Å². The van der Waals surface area contributed by atoms with Gasteiger partial charge in [0.1, 0.15) is 0 Å². The second-order valence-corrected chi connectivity index (χ2v) is 15.2. The van der Waals surface area contributed by atoms with Crippen LogP contribution in [0.25, 0.3) is 86.5 Å². The SMILES string of the molecule is Cc1c(Nc2ccccc2)ccc2c3cc(-c4cccc5cnn(-c6cccc(-c7cccc8c7sc7ccccc78)c6)c45)ccc3n(-c3ccccc3)c12. The molecule has 1 N–H and O–H groups in total. The molecule has 260 valence electrons. The number of nitrogens with one attached hydrogen (secondary N) is 1. The van der Waals surface area contributed by atoms with E-state index >= 15 is 0 Å². The van der Waals surface area contributed by atoms with Crippen LogP contribution in [0.3, 0.4) is 0 Å². The summed E-state index contributed by atoms with van der Waals surface area (Å²) in [5.74, 6) is 0. The Bertz CT molecular complexity index is 3240. The maximum absolute atomic E-state index is 5.00. The predicted octanol–water partition coefficient (Wildman–Crippen LogP) is 13.9. The second-order valence-electron chi connectivity index (χ2n) is 14.2. The minimum atomic E-state index is 1.04. The van der Waals surface area contributed by atoms with Gasteiger partial charge in [-0.3, -0.25) is 0 Å². The molecule has 0 saturated heterocycles. The second kappa shape index (κ2) is 12.6. The molecular weight excluding hydrogens is 689 g/mol. The fourth-order valence-corrected chi connectivity index (χ4v) is 9.62. The number of rotatable bonds is 6. The van der Waals surface area contributed by atoms with E-state index in [1.165, 1.54) is 58.7 Å². The first-order valence-corrected chi connectivity index (χ1v) is 19.4. The Hall–Kier alpha value is -6.95. The van der Waals surface area contributed by atoms with Gasteiger partial charge in [-0.25, -0.2) is 4.68 Å². The lowest BCUT2D eigenvalue weighted by molar-refractivity contribution is 0.912. The lowest BCUT2D eigenvalue weighted by Gasteiger charge is -2.14. The first kappa shape index (κ1) is 31.6. The third-order valence-electron chi connectivity index (χ3n) is 11.0. The zero-order valence-corrected chi connectivity index (χ0v) is 30.9. The van der Waals surface area contributed by atoms with Gasteiger partial charge in [0, 0.05) is 59.0 Å². The van der Waals surface area contributed by atoms with Crippen LogP contribution in [0.1, 0.15) is 5.56 Å². The maximum atomic E-state index is 5.00. The highest BCUT2D eigenvalue weighted by atomic mass is 32.1. The Morgan fingerprint density at radius 2 is 1.25 bits per heavy atom. The van der Waals surface area contributed by atoms with Gasteiger partial charge in [-0.1, -0.05) is 115 Å². The summed E-state index contributed by atoms with van der Waals surface area (Å²) >= 11 is 1.86. The molecular formula is C50H34N4S. The standard InChI is InChI=1S/C50H34N4S/c1-32-45(52-36-15-4-2-5-16-36)27-26-42-44-30-34(25-28-46(44)53(48(32)42)37-17-6-3-7-18-37)39-21-11-14-35-31-51-54(49(35)39)38-19-10-13-33(29-38)40-22-12-23-43-41-20-8-9-24-47(41)55-50(40)43/h2-31,52H,1H3. The van der Waals surface area contributed by atoms with E-state index in [1.54, 1.807) is 0 Å². The van der Waals surface area contributed by atoms with Gasteiger partial charge in [-0.15, -0.1) is 11.3 Å². The Kier molecular flexibility index (Phi) is 7.22. The first-order valence-electron chi connectivity index (χ1n) is 18.6. The van der Waals surface area contributed by atoms with Crippen LogP contribution in [0, 0.1) is 6.92 Å². The lowest BCUT2D eigenvalue weighted by atomic mass is 9.99. The number of hydrogen-bond acceptors (Lipinski definition) is 3. The molecule has 0 aliphatic rings. The zero-order valence-electron chi connectivity index (χ0n) is 30.1. The summed E-state index contributed by atoms with van der Waals surface area (Å²) in [5.41, 5.74) is 13.7. The van der Waals surface area contributed by atoms with E-state index in [0.29, 0.717) is 0 Å². The van der Waals surface area contributed by atoms with Crippen molar-refractivity contribution in [1.29, 1.82) is 0 Å². The molecule has 0 spiro atoms. The van der Waals surface area contributed by atoms with Crippen molar-refractivity contribution >= 4 is 75.6 Å². The van der Waals surface area contributed by atoms with Crippen LogP contribution in [0.5, 0.6) is 0 Å². The monoisotopic (exact) mass is 722 g/mol. The number of anilines is 2. The van der Waals surface area contributed by atoms with E-state index in [0.717, 1.165) is 44.8 Å². The number of fused-ring (bicyclic) bond motifs is 7. The van der Waals surface area contributed by atoms with Crippen molar-refractivity contribution in [1.82, 2.24) is 14.3 Å². The van der Waals surface area contributed by atoms with Crippen molar-refractivity contribution in [3.63, 3.8) is 0 Å².